The van der Waals surface area contributed by atoms with Gasteiger partial charge in [0.15, 0.2) is 0 Å². The second-order valence-electron chi connectivity index (χ2n) is 7.01. The summed E-state index contributed by atoms with van der Waals surface area (Å²) in [5, 5.41) is 10.4. The van der Waals surface area contributed by atoms with E-state index in [1.165, 1.54) is 22.5 Å². The molecule has 1 aliphatic heterocycles. The van der Waals surface area contributed by atoms with E-state index in [0.717, 1.165) is 24.0 Å². The molecule has 0 radical (unpaired) electrons. The van der Waals surface area contributed by atoms with Crippen LogP contribution < -0.4 is 0 Å². The van der Waals surface area contributed by atoms with E-state index in [2.05, 4.69) is 33.3 Å². The number of thiazole rings is 1. The van der Waals surface area contributed by atoms with Gasteiger partial charge in [0.05, 0.1) is 22.8 Å². The standard InChI is InChI=1S/C21H19ClN4OS/c22-15-10-8-14(9-11-15)20-25-24-19(27-20)13-26-12-4-3-6-17(26)21-23-16-5-1-2-7-18(16)28-21/h1-2,5,7-11,17H,3-4,6,12-13H2. The number of hydrogen-bond acceptors (Lipinski definition) is 6. The molecule has 28 heavy (non-hydrogen) atoms. The Bertz CT molecular complexity index is 1060. The Kier molecular flexibility index (Phi) is 4.84. The number of halogens is 1. The molecule has 0 spiro atoms. The largest absolute Gasteiger partial charge is 0.419 e. The molecule has 0 saturated carbocycles. The van der Waals surface area contributed by atoms with E-state index in [0.29, 0.717) is 29.4 Å². The summed E-state index contributed by atoms with van der Waals surface area (Å²) in [6, 6.07) is 16.1. The topological polar surface area (TPSA) is 55.1 Å². The van der Waals surface area contributed by atoms with Gasteiger partial charge < -0.3 is 4.42 Å². The van der Waals surface area contributed by atoms with Gasteiger partial charge in [-0.1, -0.05) is 30.2 Å². The molecule has 0 amide bonds. The van der Waals surface area contributed by atoms with Crippen LogP contribution in [0.4, 0.5) is 0 Å². The van der Waals surface area contributed by atoms with Crippen LogP contribution in [0.25, 0.3) is 21.7 Å². The van der Waals surface area contributed by atoms with Gasteiger partial charge in [0.1, 0.15) is 5.01 Å². The van der Waals surface area contributed by atoms with Gasteiger partial charge in [0, 0.05) is 10.6 Å². The van der Waals surface area contributed by atoms with Crippen molar-refractivity contribution in [2.24, 2.45) is 0 Å². The van der Waals surface area contributed by atoms with Crippen LogP contribution in [0.3, 0.4) is 0 Å². The number of para-hydroxylation sites is 1. The van der Waals surface area contributed by atoms with E-state index >= 15 is 0 Å². The molecule has 0 N–H and O–H groups in total. The monoisotopic (exact) mass is 410 g/mol. The van der Waals surface area contributed by atoms with E-state index in [1.807, 2.05) is 30.3 Å². The lowest BCUT2D eigenvalue weighted by atomic mass is 10.0. The highest BCUT2D eigenvalue weighted by Gasteiger charge is 2.28. The summed E-state index contributed by atoms with van der Waals surface area (Å²) < 4.78 is 7.17. The van der Waals surface area contributed by atoms with Crippen molar-refractivity contribution in [2.75, 3.05) is 6.54 Å². The molecule has 5 nitrogen and oxygen atoms in total. The molecule has 4 aromatic rings. The van der Waals surface area contributed by atoms with E-state index in [9.17, 15) is 0 Å². The first kappa shape index (κ1) is 17.8. The molecule has 3 heterocycles. The lowest BCUT2D eigenvalue weighted by Crippen LogP contribution is -2.33. The van der Waals surface area contributed by atoms with Gasteiger partial charge in [0.25, 0.3) is 0 Å². The second-order valence-corrected chi connectivity index (χ2v) is 8.51. The number of aromatic nitrogens is 3. The van der Waals surface area contributed by atoms with Crippen LogP contribution >= 0.6 is 22.9 Å². The Morgan fingerprint density at radius 3 is 2.79 bits per heavy atom. The minimum Gasteiger partial charge on any atom is -0.419 e. The summed E-state index contributed by atoms with van der Waals surface area (Å²) in [6.45, 7) is 1.65. The first-order chi connectivity index (χ1) is 13.8. The summed E-state index contributed by atoms with van der Waals surface area (Å²) in [4.78, 5) is 7.30. The zero-order chi connectivity index (χ0) is 18.9. The molecular weight excluding hydrogens is 392 g/mol. The summed E-state index contributed by atoms with van der Waals surface area (Å²) in [7, 11) is 0. The van der Waals surface area contributed by atoms with E-state index < -0.39 is 0 Å². The quantitative estimate of drug-likeness (QED) is 0.430. The smallest absolute Gasteiger partial charge is 0.247 e. The summed E-state index contributed by atoms with van der Waals surface area (Å²) >= 11 is 7.75. The average molecular weight is 411 g/mol. The Balaban J connectivity index is 1.38. The number of benzene rings is 2. The first-order valence-electron chi connectivity index (χ1n) is 9.44. The zero-order valence-electron chi connectivity index (χ0n) is 15.2. The predicted molar refractivity (Wildman–Crippen MR) is 111 cm³/mol. The zero-order valence-corrected chi connectivity index (χ0v) is 16.8. The van der Waals surface area contributed by atoms with Gasteiger partial charge in [-0.25, -0.2) is 4.98 Å². The number of piperidine rings is 1. The number of fused-ring (bicyclic) bond motifs is 1. The second kappa shape index (κ2) is 7.62. The first-order valence-corrected chi connectivity index (χ1v) is 10.6. The molecule has 0 bridgehead atoms. The van der Waals surface area contributed by atoms with Crippen molar-refractivity contribution in [3.63, 3.8) is 0 Å². The van der Waals surface area contributed by atoms with Crippen molar-refractivity contribution in [1.29, 1.82) is 0 Å². The van der Waals surface area contributed by atoms with Crippen LogP contribution in [0.5, 0.6) is 0 Å². The van der Waals surface area contributed by atoms with Gasteiger partial charge in [0.2, 0.25) is 11.8 Å². The maximum atomic E-state index is 5.96. The molecule has 2 aromatic carbocycles. The number of likely N-dealkylation sites (tertiary alicyclic amines) is 1. The normalized spacial score (nSPS) is 18.0. The highest BCUT2D eigenvalue weighted by atomic mass is 35.5. The van der Waals surface area contributed by atoms with E-state index in [-0.39, 0.29) is 0 Å². The summed E-state index contributed by atoms with van der Waals surface area (Å²) in [5.74, 6) is 1.16. The van der Waals surface area contributed by atoms with Gasteiger partial charge in [-0.15, -0.1) is 21.5 Å². The molecule has 142 valence electrons. The van der Waals surface area contributed by atoms with Crippen LogP contribution in [0.15, 0.2) is 52.9 Å². The minimum atomic E-state index is 0.303. The van der Waals surface area contributed by atoms with Gasteiger partial charge >= 0.3 is 0 Å². The fraction of sp³-hybridized carbons (Fsp3) is 0.286. The summed E-state index contributed by atoms with van der Waals surface area (Å²) in [5.41, 5.74) is 1.96. The molecular formula is C21H19ClN4OS. The molecule has 1 unspecified atom stereocenters. The highest BCUT2D eigenvalue weighted by molar-refractivity contribution is 7.18. The molecule has 1 saturated heterocycles. The van der Waals surface area contributed by atoms with Crippen molar-refractivity contribution < 1.29 is 4.42 Å². The number of hydrogen-bond donors (Lipinski definition) is 0. The summed E-state index contributed by atoms with van der Waals surface area (Å²) in [6.07, 6.45) is 3.51. The van der Waals surface area contributed by atoms with Crippen molar-refractivity contribution >= 4 is 33.2 Å². The maximum absolute atomic E-state index is 5.96. The van der Waals surface area contributed by atoms with Crippen molar-refractivity contribution in [3.05, 3.63) is 64.5 Å². The van der Waals surface area contributed by atoms with Crippen LogP contribution in [0, 0.1) is 0 Å². The van der Waals surface area contributed by atoms with Crippen LogP contribution in [-0.4, -0.2) is 26.6 Å². The molecule has 2 aromatic heterocycles. The molecule has 0 aliphatic carbocycles. The molecule has 1 atom stereocenters. The Morgan fingerprint density at radius 1 is 1.07 bits per heavy atom. The lowest BCUT2D eigenvalue weighted by Gasteiger charge is -2.33. The average Bonchev–Trinajstić information content (AvgIpc) is 3.36. The third-order valence-electron chi connectivity index (χ3n) is 5.11. The predicted octanol–water partition coefficient (Wildman–Crippen LogP) is 5.73. The highest BCUT2D eigenvalue weighted by Crippen LogP contribution is 2.36. The van der Waals surface area contributed by atoms with Crippen molar-refractivity contribution in [1.82, 2.24) is 20.1 Å². The van der Waals surface area contributed by atoms with Gasteiger partial charge in [-0.3, -0.25) is 4.90 Å². The molecule has 1 fully saturated rings. The van der Waals surface area contributed by atoms with Crippen molar-refractivity contribution in [2.45, 2.75) is 31.8 Å². The van der Waals surface area contributed by atoms with E-state index in [1.54, 1.807) is 11.3 Å². The molecule has 5 rings (SSSR count). The molecule has 7 heteroatoms. The van der Waals surface area contributed by atoms with E-state index in [4.69, 9.17) is 21.0 Å². The third-order valence-corrected chi connectivity index (χ3v) is 6.50. The Morgan fingerprint density at radius 2 is 1.93 bits per heavy atom. The van der Waals surface area contributed by atoms with Crippen molar-refractivity contribution in [3.8, 4) is 11.5 Å². The number of rotatable bonds is 4. The molecule has 1 aliphatic rings. The lowest BCUT2D eigenvalue weighted by molar-refractivity contribution is 0.128. The Labute approximate surface area is 172 Å². The van der Waals surface area contributed by atoms with Gasteiger partial charge in [-0.2, -0.15) is 0 Å². The number of nitrogens with zero attached hydrogens (tertiary/aromatic N) is 4. The fourth-order valence-electron chi connectivity index (χ4n) is 3.69. The van der Waals surface area contributed by atoms with Crippen LogP contribution in [0.2, 0.25) is 5.02 Å². The Hall–Kier alpha value is -2.28. The van der Waals surface area contributed by atoms with Gasteiger partial charge in [-0.05, 0) is 55.8 Å². The minimum absolute atomic E-state index is 0.303. The third kappa shape index (κ3) is 3.55. The SMILES string of the molecule is Clc1ccc(-c2nnc(CN3CCCCC3c3nc4ccccc4s3)o2)cc1. The maximum Gasteiger partial charge on any atom is 0.247 e. The fourth-order valence-corrected chi connectivity index (χ4v) is 4.96. The van der Waals surface area contributed by atoms with Crippen LogP contribution in [-0.2, 0) is 6.54 Å². The van der Waals surface area contributed by atoms with Crippen LogP contribution in [0.1, 0.15) is 36.2 Å².